The van der Waals surface area contributed by atoms with Crippen molar-refractivity contribution in [3.8, 4) is 23.8 Å². The number of ether oxygens (including phenoxy) is 2. The van der Waals surface area contributed by atoms with E-state index < -0.39 is 0 Å². The maximum Gasteiger partial charge on any atom is 0.165 e. The lowest BCUT2D eigenvalue weighted by Gasteiger charge is -2.21. The van der Waals surface area contributed by atoms with E-state index in [0.717, 1.165) is 43.0 Å². The predicted molar refractivity (Wildman–Crippen MR) is 67.2 cm³/mol. The number of unbranched alkanes of at least 4 members (excludes halogenated alkanes) is 1. The molecular weight excluding hydrogens is 214 g/mol. The zero-order valence-electron chi connectivity index (χ0n) is 9.87. The Morgan fingerprint density at radius 2 is 2.18 bits per heavy atom. The Bertz CT molecular complexity index is 409. The standard InChI is InChI=1S/C14H17NO2/c1-2-3-4-8-15-11-12-6-5-7-13-14(12)17-10-9-16-13/h1,5-7,15H,3-4,8-11H2. The van der Waals surface area contributed by atoms with Crippen molar-refractivity contribution in [2.75, 3.05) is 19.8 Å². The number of nitrogens with one attached hydrogen (secondary N) is 1. The van der Waals surface area contributed by atoms with Gasteiger partial charge in [0.15, 0.2) is 11.5 Å². The molecular formula is C14H17NO2. The summed E-state index contributed by atoms with van der Waals surface area (Å²) in [6.45, 7) is 2.97. The van der Waals surface area contributed by atoms with Crippen LogP contribution in [0.3, 0.4) is 0 Å². The third-order valence-corrected chi connectivity index (χ3v) is 2.64. The highest BCUT2D eigenvalue weighted by Gasteiger charge is 2.14. The summed E-state index contributed by atoms with van der Waals surface area (Å²) in [6.07, 6.45) is 7.02. The Balaban J connectivity index is 1.90. The third-order valence-electron chi connectivity index (χ3n) is 2.64. The SMILES string of the molecule is C#CCCCNCc1cccc2c1OCCO2. The minimum Gasteiger partial charge on any atom is -0.486 e. The Morgan fingerprint density at radius 3 is 3.06 bits per heavy atom. The van der Waals surface area contributed by atoms with Crippen molar-refractivity contribution in [2.24, 2.45) is 0 Å². The van der Waals surface area contributed by atoms with Gasteiger partial charge in [-0.05, 0) is 19.0 Å². The number of benzene rings is 1. The van der Waals surface area contributed by atoms with Gasteiger partial charge in [0.2, 0.25) is 0 Å². The summed E-state index contributed by atoms with van der Waals surface area (Å²) in [6, 6.07) is 5.99. The molecule has 3 nitrogen and oxygen atoms in total. The molecule has 0 saturated carbocycles. The molecule has 0 bridgehead atoms. The maximum absolute atomic E-state index is 5.64. The second-order valence-electron chi connectivity index (χ2n) is 3.93. The Labute approximate surface area is 102 Å². The van der Waals surface area contributed by atoms with Crippen LogP contribution in [0.25, 0.3) is 0 Å². The topological polar surface area (TPSA) is 30.5 Å². The molecule has 0 amide bonds. The van der Waals surface area contributed by atoms with Crippen LogP contribution in [0.4, 0.5) is 0 Å². The summed E-state index contributed by atoms with van der Waals surface area (Å²) in [5.74, 6) is 4.36. The van der Waals surface area contributed by atoms with Crippen LogP contribution in [0.15, 0.2) is 18.2 Å². The fraction of sp³-hybridized carbons (Fsp3) is 0.429. The minimum atomic E-state index is 0.626. The molecule has 1 heterocycles. The molecule has 3 heteroatoms. The van der Waals surface area contributed by atoms with Gasteiger partial charge < -0.3 is 14.8 Å². The second kappa shape index (κ2) is 6.17. The Morgan fingerprint density at radius 1 is 1.29 bits per heavy atom. The Kier molecular flexibility index (Phi) is 4.29. The molecule has 0 aliphatic carbocycles. The first-order chi connectivity index (χ1) is 8.42. The second-order valence-corrected chi connectivity index (χ2v) is 3.93. The van der Waals surface area contributed by atoms with E-state index in [9.17, 15) is 0 Å². The van der Waals surface area contributed by atoms with E-state index in [1.54, 1.807) is 0 Å². The van der Waals surface area contributed by atoms with Gasteiger partial charge in [-0.3, -0.25) is 0 Å². The molecule has 0 fully saturated rings. The van der Waals surface area contributed by atoms with E-state index in [1.165, 1.54) is 0 Å². The first kappa shape index (κ1) is 11.8. The van der Waals surface area contributed by atoms with E-state index in [0.29, 0.717) is 13.2 Å². The van der Waals surface area contributed by atoms with Crippen molar-refractivity contribution in [2.45, 2.75) is 19.4 Å². The summed E-state index contributed by atoms with van der Waals surface area (Å²) >= 11 is 0. The molecule has 0 atom stereocenters. The molecule has 0 saturated heterocycles. The van der Waals surface area contributed by atoms with Gasteiger partial charge >= 0.3 is 0 Å². The van der Waals surface area contributed by atoms with Crippen LogP contribution < -0.4 is 14.8 Å². The third kappa shape index (κ3) is 3.15. The lowest BCUT2D eigenvalue weighted by molar-refractivity contribution is 0.169. The smallest absolute Gasteiger partial charge is 0.165 e. The predicted octanol–water partition coefficient (Wildman–Crippen LogP) is 1.96. The highest BCUT2D eigenvalue weighted by Crippen LogP contribution is 2.33. The van der Waals surface area contributed by atoms with Crippen molar-refractivity contribution >= 4 is 0 Å². The minimum absolute atomic E-state index is 0.626. The van der Waals surface area contributed by atoms with Crippen LogP contribution >= 0.6 is 0 Å². The molecule has 1 N–H and O–H groups in total. The van der Waals surface area contributed by atoms with Gasteiger partial charge in [-0.25, -0.2) is 0 Å². The van der Waals surface area contributed by atoms with Crippen LogP contribution in [0.2, 0.25) is 0 Å². The van der Waals surface area contributed by atoms with Crippen LogP contribution in [-0.2, 0) is 6.54 Å². The summed E-state index contributed by atoms with van der Waals surface area (Å²) in [5, 5.41) is 3.36. The molecule has 0 spiro atoms. The average molecular weight is 231 g/mol. The van der Waals surface area contributed by atoms with Gasteiger partial charge in [-0.2, -0.15) is 0 Å². The van der Waals surface area contributed by atoms with Crippen molar-refractivity contribution in [3.05, 3.63) is 23.8 Å². The highest BCUT2D eigenvalue weighted by atomic mass is 16.6. The molecule has 1 aliphatic heterocycles. The number of para-hydroxylation sites is 1. The van der Waals surface area contributed by atoms with E-state index in [4.69, 9.17) is 15.9 Å². The first-order valence-electron chi connectivity index (χ1n) is 5.93. The highest BCUT2D eigenvalue weighted by molar-refractivity contribution is 5.47. The lowest BCUT2D eigenvalue weighted by Crippen LogP contribution is -2.19. The van der Waals surface area contributed by atoms with E-state index in [1.807, 2.05) is 12.1 Å². The van der Waals surface area contributed by atoms with Crippen molar-refractivity contribution < 1.29 is 9.47 Å². The van der Waals surface area contributed by atoms with Gasteiger partial charge in [0.1, 0.15) is 13.2 Å². The van der Waals surface area contributed by atoms with Crippen molar-refractivity contribution in [3.63, 3.8) is 0 Å². The molecule has 1 aromatic rings. The largest absolute Gasteiger partial charge is 0.486 e. The molecule has 0 unspecified atom stereocenters. The molecule has 1 aliphatic rings. The van der Waals surface area contributed by atoms with Gasteiger partial charge in [-0.1, -0.05) is 12.1 Å². The van der Waals surface area contributed by atoms with Crippen molar-refractivity contribution in [1.82, 2.24) is 5.32 Å². The molecule has 0 aromatic heterocycles. The van der Waals surface area contributed by atoms with Crippen LogP contribution in [0.1, 0.15) is 18.4 Å². The average Bonchev–Trinajstić information content (AvgIpc) is 2.39. The monoisotopic (exact) mass is 231 g/mol. The summed E-state index contributed by atoms with van der Waals surface area (Å²) in [7, 11) is 0. The van der Waals surface area contributed by atoms with E-state index >= 15 is 0 Å². The van der Waals surface area contributed by atoms with Gasteiger partial charge in [0, 0.05) is 18.5 Å². The summed E-state index contributed by atoms with van der Waals surface area (Å²) < 4.78 is 11.2. The number of rotatable bonds is 5. The van der Waals surface area contributed by atoms with Crippen LogP contribution in [0, 0.1) is 12.3 Å². The summed E-state index contributed by atoms with van der Waals surface area (Å²) in [5.41, 5.74) is 1.14. The van der Waals surface area contributed by atoms with E-state index in [2.05, 4.69) is 17.3 Å². The maximum atomic E-state index is 5.64. The number of hydrogen-bond acceptors (Lipinski definition) is 3. The fourth-order valence-corrected chi connectivity index (χ4v) is 1.81. The quantitative estimate of drug-likeness (QED) is 0.620. The molecule has 1 aromatic carbocycles. The van der Waals surface area contributed by atoms with Gasteiger partial charge in [0.05, 0.1) is 0 Å². The number of terminal acetylenes is 1. The van der Waals surface area contributed by atoms with Crippen molar-refractivity contribution in [1.29, 1.82) is 0 Å². The molecule has 17 heavy (non-hydrogen) atoms. The van der Waals surface area contributed by atoms with E-state index in [-0.39, 0.29) is 0 Å². The normalized spacial score (nSPS) is 13.1. The number of hydrogen-bond donors (Lipinski definition) is 1. The fourth-order valence-electron chi connectivity index (χ4n) is 1.81. The zero-order chi connectivity index (χ0) is 11.9. The Hall–Kier alpha value is -1.66. The van der Waals surface area contributed by atoms with Gasteiger partial charge in [-0.15, -0.1) is 12.3 Å². The lowest BCUT2D eigenvalue weighted by atomic mass is 10.1. The zero-order valence-corrected chi connectivity index (χ0v) is 9.87. The summed E-state index contributed by atoms with van der Waals surface area (Å²) in [4.78, 5) is 0. The first-order valence-corrected chi connectivity index (χ1v) is 5.93. The molecule has 0 radical (unpaired) electrons. The molecule has 2 rings (SSSR count). The number of fused-ring (bicyclic) bond motifs is 1. The van der Waals surface area contributed by atoms with Crippen LogP contribution in [-0.4, -0.2) is 19.8 Å². The van der Waals surface area contributed by atoms with Crippen LogP contribution in [0.5, 0.6) is 11.5 Å². The van der Waals surface area contributed by atoms with Gasteiger partial charge in [0.25, 0.3) is 0 Å². The molecule has 90 valence electrons.